The van der Waals surface area contributed by atoms with Crippen molar-refractivity contribution < 1.29 is 4.42 Å². The maximum absolute atomic E-state index is 5.73. The predicted molar refractivity (Wildman–Crippen MR) is 58.7 cm³/mol. The zero-order chi connectivity index (χ0) is 10.1. The molecule has 78 valence electrons. The maximum Gasteiger partial charge on any atom is 0.152 e. The van der Waals surface area contributed by atoms with Crippen LogP contribution in [0.15, 0.2) is 28.8 Å². The zero-order valence-electron chi connectivity index (χ0n) is 8.57. The molecule has 1 aliphatic rings. The highest BCUT2D eigenvalue weighted by atomic mass is 16.3. The molecule has 2 aromatic heterocycles. The molecule has 1 atom stereocenters. The van der Waals surface area contributed by atoms with Gasteiger partial charge in [0.2, 0.25) is 0 Å². The van der Waals surface area contributed by atoms with Crippen molar-refractivity contribution in [1.29, 1.82) is 0 Å². The van der Waals surface area contributed by atoms with Crippen LogP contribution in [0.3, 0.4) is 0 Å². The van der Waals surface area contributed by atoms with Gasteiger partial charge in [-0.1, -0.05) is 0 Å². The fraction of sp³-hybridized carbons (Fsp3) is 0.417. The van der Waals surface area contributed by atoms with Gasteiger partial charge in [0.05, 0.1) is 0 Å². The molecule has 0 aliphatic carbocycles. The van der Waals surface area contributed by atoms with E-state index in [2.05, 4.69) is 16.4 Å². The third-order valence-corrected chi connectivity index (χ3v) is 2.95. The lowest BCUT2D eigenvalue weighted by atomic mass is 10.1. The average molecular weight is 202 g/mol. The van der Waals surface area contributed by atoms with Gasteiger partial charge in [0.1, 0.15) is 11.3 Å². The quantitative estimate of drug-likeness (QED) is 0.810. The van der Waals surface area contributed by atoms with Crippen molar-refractivity contribution in [3.8, 4) is 0 Å². The van der Waals surface area contributed by atoms with Crippen molar-refractivity contribution in [3.05, 3.63) is 30.2 Å². The van der Waals surface area contributed by atoms with Crippen LogP contribution in [0.25, 0.3) is 11.1 Å². The van der Waals surface area contributed by atoms with E-state index in [0.717, 1.165) is 29.8 Å². The van der Waals surface area contributed by atoms with Crippen molar-refractivity contribution in [2.75, 3.05) is 6.54 Å². The minimum Gasteiger partial charge on any atom is -0.459 e. The number of furan rings is 1. The van der Waals surface area contributed by atoms with Crippen LogP contribution in [-0.2, 0) is 6.42 Å². The number of nitrogens with zero attached hydrogens (tertiary/aromatic N) is 1. The standard InChI is InChI=1S/C12H14N2O/c1-3-9(13-5-1)7-10-8-11-12(15-10)4-2-6-14-11/h2,4,6,8-9,13H,1,3,5,7H2. The first kappa shape index (κ1) is 8.92. The van der Waals surface area contributed by atoms with Gasteiger partial charge in [-0.15, -0.1) is 0 Å². The normalized spacial score (nSPS) is 21.2. The Morgan fingerprint density at radius 2 is 2.53 bits per heavy atom. The fourth-order valence-electron chi connectivity index (χ4n) is 2.20. The van der Waals surface area contributed by atoms with E-state index in [4.69, 9.17) is 4.42 Å². The molecule has 0 saturated carbocycles. The molecule has 1 unspecified atom stereocenters. The van der Waals surface area contributed by atoms with Gasteiger partial charge in [0, 0.05) is 24.7 Å². The molecular formula is C12H14N2O. The first-order valence-electron chi connectivity index (χ1n) is 5.49. The third kappa shape index (κ3) is 1.75. The van der Waals surface area contributed by atoms with Gasteiger partial charge in [-0.05, 0) is 31.5 Å². The summed E-state index contributed by atoms with van der Waals surface area (Å²) < 4.78 is 5.73. The lowest BCUT2D eigenvalue weighted by molar-refractivity contribution is 0.494. The van der Waals surface area contributed by atoms with Crippen LogP contribution in [0.2, 0.25) is 0 Å². The molecule has 0 radical (unpaired) electrons. The number of rotatable bonds is 2. The van der Waals surface area contributed by atoms with Crippen molar-refractivity contribution in [3.63, 3.8) is 0 Å². The second-order valence-corrected chi connectivity index (χ2v) is 4.10. The lowest BCUT2D eigenvalue weighted by Crippen LogP contribution is -2.23. The van der Waals surface area contributed by atoms with Gasteiger partial charge in [0.15, 0.2) is 5.58 Å². The predicted octanol–water partition coefficient (Wildman–Crippen LogP) is 2.12. The maximum atomic E-state index is 5.73. The van der Waals surface area contributed by atoms with E-state index < -0.39 is 0 Å². The van der Waals surface area contributed by atoms with Crippen LogP contribution < -0.4 is 5.32 Å². The highest BCUT2D eigenvalue weighted by Crippen LogP contribution is 2.19. The van der Waals surface area contributed by atoms with Crippen molar-refractivity contribution in [2.24, 2.45) is 0 Å². The third-order valence-electron chi connectivity index (χ3n) is 2.95. The van der Waals surface area contributed by atoms with E-state index >= 15 is 0 Å². The Labute approximate surface area is 88.5 Å². The summed E-state index contributed by atoms with van der Waals surface area (Å²) >= 11 is 0. The molecule has 15 heavy (non-hydrogen) atoms. The molecule has 3 rings (SSSR count). The van der Waals surface area contributed by atoms with Crippen molar-refractivity contribution in [1.82, 2.24) is 10.3 Å². The Hall–Kier alpha value is -1.35. The minimum absolute atomic E-state index is 0.588. The summed E-state index contributed by atoms with van der Waals surface area (Å²) in [6, 6.07) is 6.51. The molecule has 1 saturated heterocycles. The summed E-state index contributed by atoms with van der Waals surface area (Å²) in [5.74, 6) is 1.04. The largest absolute Gasteiger partial charge is 0.459 e. The molecule has 1 fully saturated rings. The van der Waals surface area contributed by atoms with Crippen LogP contribution in [0.4, 0.5) is 0 Å². The van der Waals surface area contributed by atoms with E-state index in [1.807, 2.05) is 12.1 Å². The number of hydrogen-bond donors (Lipinski definition) is 1. The van der Waals surface area contributed by atoms with Crippen LogP contribution in [0, 0.1) is 0 Å². The van der Waals surface area contributed by atoms with Crippen LogP contribution in [0.5, 0.6) is 0 Å². The summed E-state index contributed by atoms with van der Waals surface area (Å²) in [5.41, 5.74) is 1.86. The number of nitrogens with one attached hydrogen (secondary N) is 1. The minimum atomic E-state index is 0.588. The lowest BCUT2D eigenvalue weighted by Gasteiger charge is -2.06. The summed E-state index contributed by atoms with van der Waals surface area (Å²) in [6.45, 7) is 1.14. The van der Waals surface area contributed by atoms with Gasteiger partial charge < -0.3 is 9.73 Å². The number of hydrogen-bond acceptors (Lipinski definition) is 3. The highest BCUT2D eigenvalue weighted by Gasteiger charge is 2.16. The molecule has 1 aliphatic heterocycles. The molecule has 1 N–H and O–H groups in total. The van der Waals surface area contributed by atoms with E-state index in [1.165, 1.54) is 12.8 Å². The van der Waals surface area contributed by atoms with E-state index in [-0.39, 0.29) is 0 Å². The van der Waals surface area contributed by atoms with Crippen LogP contribution >= 0.6 is 0 Å². The molecule has 3 heterocycles. The number of pyridine rings is 1. The number of aromatic nitrogens is 1. The average Bonchev–Trinajstić information content (AvgIpc) is 2.86. The van der Waals surface area contributed by atoms with Gasteiger partial charge in [-0.25, -0.2) is 0 Å². The Balaban J connectivity index is 1.84. The molecular weight excluding hydrogens is 188 g/mol. The summed E-state index contributed by atoms with van der Waals surface area (Å²) in [5, 5.41) is 3.47. The van der Waals surface area contributed by atoms with E-state index in [9.17, 15) is 0 Å². The molecule has 0 spiro atoms. The Bertz CT molecular complexity index is 424. The monoisotopic (exact) mass is 202 g/mol. The summed E-state index contributed by atoms with van der Waals surface area (Å²) in [4.78, 5) is 4.26. The van der Waals surface area contributed by atoms with Crippen LogP contribution in [-0.4, -0.2) is 17.6 Å². The van der Waals surface area contributed by atoms with Crippen LogP contribution in [0.1, 0.15) is 18.6 Å². The van der Waals surface area contributed by atoms with E-state index in [0.29, 0.717) is 6.04 Å². The Kier molecular flexibility index (Phi) is 2.18. The SMILES string of the molecule is c1cnc2cc(CC3CCCN3)oc2c1. The molecule has 3 nitrogen and oxygen atoms in total. The Morgan fingerprint density at radius 1 is 1.53 bits per heavy atom. The van der Waals surface area contributed by atoms with Gasteiger partial charge in [0.25, 0.3) is 0 Å². The summed E-state index contributed by atoms with van der Waals surface area (Å²) in [6.07, 6.45) is 5.32. The number of fused-ring (bicyclic) bond motifs is 1. The van der Waals surface area contributed by atoms with Crippen molar-refractivity contribution >= 4 is 11.1 Å². The first-order chi connectivity index (χ1) is 7.42. The molecule has 3 heteroatoms. The zero-order valence-corrected chi connectivity index (χ0v) is 8.57. The highest BCUT2D eigenvalue weighted by molar-refractivity contribution is 5.72. The smallest absolute Gasteiger partial charge is 0.152 e. The molecule has 0 aromatic carbocycles. The second kappa shape index (κ2) is 3.66. The van der Waals surface area contributed by atoms with Gasteiger partial charge in [-0.3, -0.25) is 4.98 Å². The molecule has 2 aromatic rings. The molecule has 0 amide bonds. The van der Waals surface area contributed by atoms with Gasteiger partial charge in [-0.2, -0.15) is 0 Å². The second-order valence-electron chi connectivity index (χ2n) is 4.10. The van der Waals surface area contributed by atoms with Crippen molar-refractivity contribution in [2.45, 2.75) is 25.3 Å². The van der Waals surface area contributed by atoms with E-state index in [1.54, 1.807) is 6.20 Å². The first-order valence-corrected chi connectivity index (χ1v) is 5.49. The van der Waals surface area contributed by atoms with Gasteiger partial charge >= 0.3 is 0 Å². The summed E-state index contributed by atoms with van der Waals surface area (Å²) in [7, 11) is 0. The Morgan fingerprint density at radius 3 is 3.33 bits per heavy atom. The fourth-order valence-corrected chi connectivity index (χ4v) is 2.20. The molecule has 0 bridgehead atoms. The topological polar surface area (TPSA) is 38.1 Å².